The molecule has 0 aromatic carbocycles. The van der Waals surface area contributed by atoms with Crippen LogP contribution in [0.15, 0.2) is 24.3 Å². The number of allylic oxidation sites excluding steroid dienone is 3. The van der Waals surface area contributed by atoms with Gasteiger partial charge in [-0.1, -0.05) is 128 Å². The average Bonchev–Trinajstić information content (AvgIpc) is 2.86. The van der Waals surface area contributed by atoms with Crippen molar-refractivity contribution >= 4 is 5.91 Å². The molecule has 3 atom stereocenters. The van der Waals surface area contributed by atoms with Crippen LogP contribution in [0.25, 0.3) is 0 Å². The van der Waals surface area contributed by atoms with Gasteiger partial charge in [0.05, 0.1) is 18.8 Å². The molecular formula is C30H57NO4. The lowest BCUT2D eigenvalue weighted by atomic mass is 10.0. The second-order valence-corrected chi connectivity index (χ2v) is 9.95. The highest BCUT2D eigenvalue weighted by atomic mass is 16.3. The number of carbonyl (C=O) groups excluding carboxylic acids is 1. The Bertz CT molecular complexity index is 520. The minimum Gasteiger partial charge on any atom is -0.394 e. The lowest BCUT2D eigenvalue weighted by Crippen LogP contribution is -2.48. The second-order valence-electron chi connectivity index (χ2n) is 9.95. The summed E-state index contributed by atoms with van der Waals surface area (Å²) in [6, 6.07) is -0.806. The van der Waals surface area contributed by atoms with Crippen molar-refractivity contribution < 1.29 is 20.1 Å². The predicted molar refractivity (Wildman–Crippen MR) is 148 cm³/mol. The van der Waals surface area contributed by atoms with Gasteiger partial charge in [0.2, 0.25) is 5.91 Å². The van der Waals surface area contributed by atoms with Gasteiger partial charge in [0.25, 0.3) is 0 Å². The molecule has 0 unspecified atom stereocenters. The third-order valence-corrected chi connectivity index (χ3v) is 6.54. The summed E-state index contributed by atoms with van der Waals surface area (Å²) in [5, 5.41) is 32.6. The van der Waals surface area contributed by atoms with Gasteiger partial charge in [-0.25, -0.2) is 0 Å². The number of rotatable bonds is 25. The summed E-state index contributed by atoms with van der Waals surface area (Å²) in [5.41, 5.74) is 0. The summed E-state index contributed by atoms with van der Waals surface area (Å²) < 4.78 is 0. The van der Waals surface area contributed by atoms with Crippen molar-refractivity contribution in [3.63, 3.8) is 0 Å². The van der Waals surface area contributed by atoms with Crippen LogP contribution in [-0.2, 0) is 4.79 Å². The van der Waals surface area contributed by atoms with Crippen LogP contribution >= 0.6 is 0 Å². The van der Waals surface area contributed by atoms with Crippen LogP contribution in [0.5, 0.6) is 0 Å². The number of unbranched alkanes of at least 4 members (excludes halogenated alkanes) is 15. The van der Waals surface area contributed by atoms with Crippen molar-refractivity contribution in [1.82, 2.24) is 5.32 Å². The fourth-order valence-corrected chi connectivity index (χ4v) is 4.14. The Balaban J connectivity index is 3.92. The molecule has 0 heterocycles. The molecule has 0 aliphatic carbocycles. The van der Waals surface area contributed by atoms with Gasteiger partial charge in [0.1, 0.15) is 6.10 Å². The van der Waals surface area contributed by atoms with Gasteiger partial charge in [-0.3, -0.25) is 4.79 Å². The summed E-state index contributed by atoms with van der Waals surface area (Å²) in [7, 11) is 0. The van der Waals surface area contributed by atoms with E-state index in [4.69, 9.17) is 0 Å². The molecule has 0 radical (unpaired) electrons. The molecule has 0 bridgehead atoms. The van der Waals surface area contributed by atoms with Gasteiger partial charge in [-0.05, 0) is 32.1 Å². The Morgan fingerprint density at radius 3 is 1.74 bits per heavy atom. The Kier molecular flexibility index (Phi) is 25.0. The van der Waals surface area contributed by atoms with E-state index in [9.17, 15) is 20.1 Å². The largest absolute Gasteiger partial charge is 0.394 e. The van der Waals surface area contributed by atoms with Crippen LogP contribution in [0.4, 0.5) is 0 Å². The molecule has 4 N–H and O–H groups in total. The summed E-state index contributed by atoms with van der Waals surface area (Å²) in [6.45, 7) is 4.08. The molecule has 0 aromatic heterocycles. The van der Waals surface area contributed by atoms with E-state index in [1.54, 1.807) is 6.08 Å². The number of amides is 1. The van der Waals surface area contributed by atoms with E-state index in [1.807, 2.05) is 6.08 Å². The molecule has 5 nitrogen and oxygen atoms in total. The highest BCUT2D eigenvalue weighted by Gasteiger charge is 2.22. The molecule has 35 heavy (non-hydrogen) atoms. The van der Waals surface area contributed by atoms with Crippen LogP contribution in [-0.4, -0.2) is 46.1 Å². The van der Waals surface area contributed by atoms with Crippen LogP contribution in [0.2, 0.25) is 0 Å². The van der Waals surface area contributed by atoms with Crippen molar-refractivity contribution in [3.05, 3.63) is 24.3 Å². The summed E-state index contributed by atoms with van der Waals surface area (Å²) >= 11 is 0. The van der Waals surface area contributed by atoms with Crippen molar-refractivity contribution in [3.8, 4) is 0 Å². The lowest BCUT2D eigenvalue weighted by Gasteiger charge is -2.21. The topological polar surface area (TPSA) is 89.8 Å². The normalized spacial score (nSPS) is 14.5. The van der Waals surface area contributed by atoms with E-state index in [0.29, 0.717) is 6.42 Å². The first-order valence-electron chi connectivity index (χ1n) is 14.7. The maximum atomic E-state index is 12.2. The molecule has 1 amide bonds. The number of nitrogens with one attached hydrogen (secondary N) is 1. The highest BCUT2D eigenvalue weighted by molar-refractivity contribution is 5.80. The molecule has 5 heteroatoms. The zero-order chi connectivity index (χ0) is 26.0. The van der Waals surface area contributed by atoms with Gasteiger partial charge < -0.3 is 20.6 Å². The van der Waals surface area contributed by atoms with Crippen LogP contribution in [0.3, 0.4) is 0 Å². The molecule has 0 rings (SSSR count). The quantitative estimate of drug-likeness (QED) is 0.0833. The molecule has 0 fully saturated rings. The maximum Gasteiger partial charge on any atom is 0.249 e. The second kappa shape index (κ2) is 25.9. The Morgan fingerprint density at radius 1 is 0.686 bits per heavy atom. The third kappa shape index (κ3) is 21.8. The fraction of sp³-hybridized carbons (Fsp3) is 0.833. The standard InChI is InChI=1S/C30H57NO4/c1-3-5-7-9-11-13-14-15-16-17-19-20-22-24-28(33)27(26-32)31-30(35)29(34)25-23-21-18-12-10-8-6-4-2/h16-17,22,24,27-29,32-34H,3-15,18-21,23,25-26H2,1-2H3,(H,31,35)/b17-16+,24-22+/t27-,28+,29-/m0/s1. The maximum absolute atomic E-state index is 12.2. The minimum atomic E-state index is -1.10. The summed E-state index contributed by atoms with van der Waals surface area (Å²) in [5.74, 6) is -0.521. The number of hydrogen-bond acceptors (Lipinski definition) is 4. The SMILES string of the molecule is CCCCCCCCC/C=C/CC/C=C/[C@@H](O)[C@H](CO)NC(=O)[C@@H](O)CCCCCCCCCC. The first-order valence-corrected chi connectivity index (χ1v) is 14.7. The molecule has 0 saturated heterocycles. The van der Waals surface area contributed by atoms with Crippen LogP contribution < -0.4 is 5.32 Å². The average molecular weight is 496 g/mol. The highest BCUT2D eigenvalue weighted by Crippen LogP contribution is 2.11. The van der Waals surface area contributed by atoms with Gasteiger partial charge >= 0.3 is 0 Å². The van der Waals surface area contributed by atoms with E-state index >= 15 is 0 Å². The molecule has 0 aliphatic rings. The van der Waals surface area contributed by atoms with Crippen molar-refractivity contribution in [2.45, 2.75) is 154 Å². The molecular weight excluding hydrogens is 438 g/mol. The Morgan fingerprint density at radius 2 is 1.17 bits per heavy atom. The monoisotopic (exact) mass is 495 g/mol. The van der Waals surface area contributed by atoms with E-state index in [-0.39, 0.29) is 6.61 Å². The minimum absolute atomic E-state index is 0.375. The smallest absolute Gasteiger partial charge is 0.249 e. The van der Waals surface area contributed by atoms with Crippen LogP contribution in [0.1, 0.15) is 136 Å². The van der Waals surface area contributed by atoms with E-state index in [0.717, 1.165) is 38.5 Å². The Labute approximate surface area is 216 Å². The lowest BCUT2D eigenvalue weighted by molar-refractivity contribution is -0.131. The van der Waals surface area contributed by atoms with Gasteiger partial charge in [0, 0.05) is 0 Å². The molecule has 0 aliphatic heterocycles. The molecule has 0 spiro atoms. The van der Waals surface area contributed by atoms with Crippen LogP contribution in [0, 0.1) is 0 Å². The third-order valence-electron chi connectivity index (χ3n) is 6.54. The Hall–Kier alpha value is -1.17. The van der Waals surface area contributed by atoms with E-state index < -0.39 is 24.2 Å². The number of carbonyl (C=O) groups is 1. The fourth-order valence-electron chi connectivity index (χ4n) is 4.14. The van der Waals surface area contributed by atoms with Gasteiger partial charge in [0.15, 0.2) is 0 Å². The van der Waals surface area contributed by atoms with Crippen molar-refractivity contribution in [2.24, 2.45) is 0 Å². The number of hydrogen-bond donors (Lipinski definition) is 4. The number of aliphatic hydroxyl groups is 3. The van der Waals surface area contributed by atoms with E-state index in [1.165, 1.54) is 77.0 Å². The molecule has 0 aromatic rings. The first kappa shape index (κ1) is 33.8. The summed E-state index contributed by atoms with van der Waals surface area (Å²) in [4.78, 5) is 12.2. The number of aliphatic hydroxyl groups excluding tert-OH is 3. The van der Waals surface area contributed by atoms with Gasteiger partial charge in [-0.15, -0.1) is 0 Å². The van der Waals surface area contributed by atoms with Gasteiger partial charge in [-0.2, -0.15) is 0 Å². The van der Waals surface area contributed by atoms with E-state index in [2.05, 4.69) is 31.3 Å². The van der Waals surface area contributed by atoms with Crippen molar-refractivity contribution in [1.29, 1.82) is 0 Å². The molecule has 0 saturated carbocycles. The zero-order valence-electron chi connectivity index (χ0n) is 22.9. The molecule has 206 valence electrons. The summed E-state index contributed by atoms with van der Waals surface area (Å²) in [6.07, 6.45) is 27.6. The van der Waals surface area contributed by atoms with Crippen molar-refractivity contribution in [2.75, 3.05) is 6.61 Å². The zero-order valence-corrected chi connectivity index (χ0v) is 22.9. The predicted octanol–water partition coefficient (Wildman–Crippen LogP) is 6.75. The first-order chi connectivity index (χ1) is 17.1.